The van der Waals surface area contributed by atoms with Gasteiger partial charge < -0.3 is 0 Å². The van der Waals surface area contributed by atoms with Gasteiger partial charge in [-0.25, -0.2) is 0 Å². The Morgan fingerprint density at radius 3 is 2.82 bits per heavy atom. The lowest BCUT2D eigenvalue weighted by Gasteiger charge is -2.04. The standard InChI is InChI=1S/C16H16N4OS/c1-4-14-19-20-16(22-14)18-15(21)13(9-17)8-12-7-10(2)5-6-11(12)3/h5-8H,4H2,1-3H3,(H,18,20,21). The van der Waals surface area contributed by atoms with Gasteiger partial charge in [0, 0.05) is 0 Å². The number of aromatic nitrogens is 2. The summed E-state index contributed by atoms with van der Waals surface area (Å²) >= 11 is 1.31. The number of hydrogen-bond donors (Lipinski definition) is 1. The average Bonchev–Trinajstić information content (AvgIpc) is 2.95. The Labute approximate surface area is 133 Å². The van der Waals surface area contributed by atoms with Crippen LogP contribution < -0.4 is 5.32 Å². The number of amides is 1. The van der Waals surface area contributed by atoms with Crippen LogP contribution in [-0.4, -0.2) is 16.1 Å². The van der Waals surface area contributed by atoms with Crippen LogP contribution >= 0.6 is 11.3 Å². The van der Waals surface area contributed by atoms with Gasteiger partial charge in [-0.1, -0.05) is 42.0 Å². The normalized spacial score (nSPS) is 11.1. The number of carbonyl (C=O) groups is 1. The van der Waals surface area contributed by atoms with Crippen LogP contribution in [-0.2, 0) is 11.2 Å². The summed E-state index contributed by atoms with van der Waals surface area (Å²) in [5.41, 5.74) is 2.99. The monoisotopic (exact) mass is 312 g/mol. The number of nitrogens with one attached hydrogen (secondary N) is 1. The Morgan fingerprint density at radius 1 is 1.41 bits per heavy atom. The summed E-state index contributed by atoms with van der Waals surface area (Å²) in [5, 5.41) is 20.9. The molecule has 1 amide bonds. The third-order valence-corrected chi connectivity index (χ3v) is 4.07. The van der Waals surface area contributed by atoms with Crippen LogP contribution in [0.25, 0.3) is 6.08 Å². The maximum absolute atomic E-state index is 12.2. The predicted molar refractivity (Wildman–Crippen MR) is 87.4 cm³/mol. The summed E-state index contributed by atoms with van der Waals surface area (Å²) in [4.78, 5) is 12.2. The largest absolute Gasteiger partial charge is 0.296 e. The molecule has 6 heteroatoms. The van der Waals surface area contributed by atoms with Crippen LogP contribution in [0.15, 0.2) is 23.8 Å². The van der Waals surface area contributed by atoms with Crippen molar-refractivity contribution < 1.29 is 4.79 Å². The highest BCUT2D eigenvalue weighted by molar-refractivity contribution is 7.15. The van der Waals surface area contributed by atoms with Crippen molar-refractivity contribution in [1.29, 1.82) is 5.26 Å². The minimum Gasteiger partial charge on any atom is -0.296 e. The van der Waals surface area contributed by atoms with Gasteiger partial charge in [-0.05, 0) is 37.5 Å². The minimum absolute atomic E-state index is 0.0435. The molecule has 1 aromatic heterocycles. The third kappa shape index (κ3) is 3.77. The van der Waals surface area contributed by atoms with Gasteiger partial charge >= 0.3 is 0 Å². The van der Waals surface area contributed by atoms with Crippen molar-refractivity contribution >= 4 is 28.5 Å². The number of hydrogen-bond acceptors (Lipinski definition) is 5. The number of nitriles is 1. The first-order valence-corrected chi connectivity index (χ1v) is 7.68. The molecule has 2 aromatic rings. The van der Waals surface area contributed by atoms with Gasteiger partial charge in [0.2, 0.25) is 5.13 Å². The molecule has 0 spiro atoms. The van der Waals surface area contributed by atoms with E-state index in [4.69, 9.17) is 0 Å². The number of anilines is 1. The van der Waals surface area contributed by atoms with E-state index in [0.717, 1.165) is 28.1 Å². The van der Waals surface area contributed by atoms with Gasteiger partial charge in [0.1, 0.15) is 16.6 Å². The Balaban J connectivity index is 2.23. The summed E-state index contributed by atoms with van der Waals surface area (Å²) in [5.74, 6) is -0.470. The molecule has 2 rings (SSSR count). The molecule has 0 aliphatic rings. The van der Waals surface area contributed by atoms with Gasteiger partial charge in [-0.15, -0.1) is 10.2 Å². The Kier molecular flexibility index (Phi) is 5.02. The Hall–Kier alpha value is -2.52. The zero-order valence-corrected chi connectivity index (χ0v) is 13.5. The average molecular weight is 312 g/mol. The lowest BCUT2D eigenvalue weighted by Crippen LogP contribution is -2.13. The second kappa shape index (κ2) is 6.96. The molecule has 0 bridgehead atoms. The number of carbonyl (C=O) groups excluding carboxylic acids is 1. The van der Waals surface area contributed by atoms with E-state index in [0.29, 0.717) is 5.13 Å². The lowest BCUT2D eigenvalue weighted by atomic mass is 10.0. The van der Waals surface area contributed by atoms with Crippen molar-refractivity contribution in [3.8, 4) is 6.07 Å². The van der Waals surface area contributed by atoms with Crippen LogP contribution in [0, 0.1) is 25.2 Å². The second-order valence-corrected chi connectivity index (χ2v) is 5.90. The maximum atomic E-state index is 12.2. The van der Waals surface area contributed by atoms with Crippen LogP contribution in [0.3, 0.4) is 0 Å². The summed E-state index contributed by atoms with van der Waals surface area (Å²) in [6.45, 7) is 5.88. The first-order chi connectivity index (χ1) is 10.5. The van der Waals surface area contributed by atoms with Crippen molar-refractivity contribution in [1.82, 2.24) is 10.2 Å². The van der Waals surface area contributed by atoms with E-state index in [2.05, 4.69) is 15.5 Å². The molecule has 0 atom stereocenters. The van der Waals surface area contributed by atoms with Crippen LogP contribution in [0.1, 0.15) is 28.6 Å². The Morgan fingerprint density at radius 2 is 2.18 bits per heavy atom. The molecule has 0 saturated heterocycles. The van der Waals surface area contributed by atoms with Gasteiger partial charge in [0.15, 0.2) is 0 Å². The van der Waals surface area contributed by atoms with Crippen molar-refractivity contribution in [3.63, 3.8) is 0 Å². The fourth-order valence-electron chi connectivity index (χ4n) is 1.83. The highest BCUT2D eigenvalue weighted by Crippen LogP contribution is 2.18. The fraction of sp³-hybridized carbons (Fsp3) is 0.250. The predicted octanol–water partition coefficient (Wildman–Crippen LogP) is 3.26. The zero-order valence-electron chi connectivity index (χ0n) is 12.7. The Bertz CT molecular complexity index is 771. The highest BCUT2D eigenvalue weighted by Gasteiger charge is 2.13. The lowest BCUT2D eigenvalue weighted by molar-refractivity contribution is -0.112. The van der Waals surface area contributed by atoms with E-state index < -0.39 is 5.91 Å². The third-order valence-electron chi connectivity index (χ3n) is 3.09. The fourth-order valence-corrected chi connectivity index (χ4v) is 2.51. The van der Waals surface area contributed by atoms with E-state index in [9.17, 15) is 10.1 Å². The molecule has 0 saturated carbocycles. The molecular formula is C16H16N4OS. The van der Waals surface area contributed by atoms with Gasteiger partial charge in [-0.2, -0.15) is 5.26 Å². The molecular weight excluding hydrogens is 296 g/mol. The molecule has 112 valence electrons. The smallest absolute Gasteiger partial charge is 0.268 e. The SMILES string of the molecule is CCc1nnc(NC(=O)C(C#N)=Cc2cc(C)ccc2C)s1. The van der Waals surface area contributed by atoms with Crippen LogP contribution in [0.2, 0.25) is 0 Å². The summed E-state index contributed by atoms with van der Waals surface area (Å²) in [7, 11) is 0. The van der Waals surface area contributed by atoms with E-state index in [1.165, 1.54) is 11.3 Å². The topological polar surface area (TPSA) is 78.7 Å². The summed E-state index contributed by atoms with van der Waals surface area (Å²) < 4.78 is 0. The molecule has 1 N–H and O–H groups in total. The highest BCUT2D eigenvalue weighted by atomic mass is 32.1. The molecule has 5 nitrogen and oxygen atoms in total. The quantitative estimate of drug-likeness (QED) is 0.694. The van der Waals surface area contributed by atoms with Crippen molar-refractivity contribution in [2.24, 2.45) is 0 Å². The summed E-state index contributed by atoms with van der Waals surface area (Å²) in [6.07, 6.45) is 2.36. The van der Waals surface area contributed by atoms with Gasteiger partial charge in [-0.3, -0.25) is 10.1 Å². The number of nitrogens with zero attached hydrogens (tertiary/aromatic N) is 3. The number of aryl methyl sites for hydroxylation is 3. The van der Waals surface area contributed by atoms with Crippen LogP contribution in [0.4, 0.5) is 5.13 Å². The molecule has 0 fully saturated rings. The first kappa shape index (κ1) is 15.9. The molecule has 1 heterocycles. The maximum Gasteiger partial charge on any atom is 0.268 e. The number of rotatable bonds is 4. The summed E-state index contributed by atoms with van der Waals surface area (Å²) in [6, 6.07) is 7.85. The molecule has 0 aliphatic carbocycles. The van der Waals surface area contributed by atoms with E-state index in [-0.39, 0.29) is 5.57 Å². The van der Waals surface area contributed by atoms with Gasteiger partial charge in [0.05, 0.1) is 0 Å². The van der Waals surface area contributed by atoms with Gasteiger partial charge in [0.25, 0.3) is 5.91 Å². The minimum atomic E-state index is -0.470. The van der Waals surface area contributed by atoms with E-state index in [1.807, 2.05) is 45.0 Å². The van der Waals surface area contributed by atoms with Crippen molar-refractivity contribution in [2.45, 2.75) is 27.2 Å². The molecule has 22 heavy (non-hydrogen) atoms. The van der Waals surface area contributed by atoms with E-state index in [1.54, 1.807) is 6.08 Å². The van der Waals surface area contributed by atoms with Crippen LogP contribution in [0.5, 0.6) is 0 Å². The van der Waals surface area contributed by atoms with Crippen molar-refractivity contribution in [2.75, 3.05) is 5.32 Å². The number of benzene rings is 1. The van der Waals surface area contributed by atoms with E-state index >= 15 is 0 Å². The molecule has 0 unspecified atom stereocenters. The molecule has 1 aromatic carbocycles. The molecule has 0 aliphatic heterocycles. The second-order valence-electron chi connectivity index (χ2n) is 4.84. The molecule has 0 radical (unpaired) electrons. The van der Waals surface area contributed by atoms with Crippen molar-refractivity contribution in [3.05, 3.63) is 45.5 Å². The first-order valence-electron chi connectivity index (χ1n) is 6.86. The zero-order chi connectivity index (χ0) is 16.1.